The summed E-state index contributed by atoms with van der Waals surface area (Å²) in [5.74, 6) is -0.192. The molecule has 0 saturated carbocycles. The fourth-order valence-electron chi connectivity index (χ4n) is 2.43. The molecule has 9 heteroatoms. The van der Waals surface area contributed by atoms with Crippen molar-refractivity contribution in [3.63, 3.8) is 0 Å². The average Bonchev–Trinajstić information content (AvgIpc) is 3.30. The Morgan fingerprint density at radius 3 is 2.81 bits per heavy atom. The van der Waals surface area contributed by atoms with Gasteiger partial charge in [-0.25, -0.2) is 9.67 Å². The van der Waals surface area contributed by atoms with Gasteiger partial charge in [-0.1, -0.05) is 22.9 Å². The molecule has 0 unspecified atom stereocenters. The first-order chi connectivity index (χ1) is 12.5. The lowest BCUT2D eigenvalue weighted by Crippen LogP contribution is -2.12. The minimum Gasteiger partial charge on any atom is -0.354 e. The van der Waals surface area contributed by atoms with E-state index in [-0.39, 0.29) is 5.91 Å². The van der Waals surface area contributed by atoms with Gasteiger partial charge in [0.2, 0.25) is 0 Å². The van der Waals surface area contributed by atoms with Crippen LogP contribution in [0.1, 0.15) is 9.67 Å². The molecule has 0 radical (unpaired) electrons. The summed E-state index contributed by atoms with van der Waals surface area (Å²) in [6.45, 7) is 0. The van der Waals surface area contributed by atoms with Crippen LogP contribution in [-0.4, -0.2) is 34.8 Å². The molecule has 0 atom stereocenters. The second-order valence-electron chi connectivity index (χ2n) is 5.74. The van der Waals surface area contributed by atoms with Gasteiger partial charge < -0.3 is 10.2 Å². The van der Waals surface area contributed by atoms with Crippen molar-refractivity contribution in [2.45, 2.75) is 0 Å². The van der Waals surface area contributed by atoms with Crippen LogP contribution in [0.3, 0.4) is 0 Å². The van der Waals surface area contributed by atoms with Crippen LogP contribution in [-0.2, 0) is 0 Å². The number of thiophene rings is 1. The van der Waals surface area contributed by atoms with Crippen molar-refractivity contribution in [1.82, 2.24) is 14.8 Å². The summed E-state index contributed by atoms with van der Waals surface area (Å²) in [7, 11) is 3.90. The Morgan fingerprint density at radius 1 is 1.27 bits per heavy atom. The maximum atomic E-state index is 12.7. The Hall–Kier alpha value is -2.42. The minimum absolute atomic E-state index is 0.192. The number of thiazole rings is 1. The fraction of sp³-hybridized carbons (Fsp3) is 0.118. The highest BCUT2D eigenvalue weighted by atomic mass is 35.5. The van der Waals surface area contributed by atoms with Gasteiger partial charge in [0.1, 0.15) is 4.83 Å². The highest BCUT2D eigenvalue weighted by Crippen LogP contribution is 2.34. The standard InChI is InChI=1S/C17H14ClN5OS2/c1-22(2)17-21-16-14(26-17)9-13(25-16)15(24)20-11-8-10(18)4-5-12(11)23-7-3-6-19-23/h3-9H,1-2H3,(H,20,24). The number of hydrogen-bond donors (Lipinski definition) is 1. The quantitative estimate of drug-likeness (QED) is 0.544. The summed E-state index contributed by atoms with van der Waals surface area (Å²) in [6.07, 6.45) is 3.49. The summed E-state index contributed by atoms with van der Waals surface area (Å²) in [5, 5.41) is 8.63. The van der Waals surface area contributed by atoms with E-state index in [9.17, 15) is 4.79 Å². The molecule has 3 heterocycles. The first-order valence-electron chi connectivity index (χ1n) is 7.70. The van der Waals surface area contributed by atoms with E-state index in [0.29, 0.717) is 15.6 Å². The second-order valence-corrected chi connectivity index (χ2v) is 8.21. The topological polar surface area (TPSA) is 63.1 Å². The number of aromatic nitrogens is 3. The first-order valence-corrected chi connectivity index (χ1v) is 9.71. The lowest BCUT2D eigenvalue weighted by Gasteiger charge is -2.11. The molecule has 4 rings (SSSR count). The third kappa shape index (κ3) is 3.18. The van der Waals surface area contributed by atoms with Gasteiger partial charge in [0.05, 0.1) is 21.0 Å². The number of benzene rings is 1. The zero-order valence-electron chi connectivity index (χ0n) is 13.9. The van der Waals surface area contributed by atoms with Gasteiger partial charge in [-0.2, -0.15) is 5.10 Å². The SMILES string of the molecule is CN(C)c1nc2sc(C(=O)Nc3cc(Cl)ccc3-n3cccn3)cc2s1. The minimum atomic E-state index is -0.192. The van der Waals surface area contributed by atoms with Crippen LogP contribution in [0, 0.1) is 0 Å². The highest BCUT2D eigenvalue weighted by molar-refractivity contribution is 7.29. The maximum absolute atomic E-state index is 12.7. The Bertz CT molecular complexity index is 1050. The van der Waals surface area contributed by atoms with Crippen LogP contribution < -0.4 is 10.2 Å². The molecule has 0 bridgehead atoms. The first kappa shape index (κ1) is 17.0. The van der Waals surface area contributed by atoms with E-state index < -0.39 is 0 Å². The van der Waals surface area contributed by atoms with E-state index in [1.807, 2.05) is 43.4 Å². The van der Waals surface area contributed by atoms with Gasteiger partial charge in [-0.05, 0) is 30.3 Å². The zero-order chi connectivity index (χ0) is 18.3. The normalized spacial score (nSPS) is 11.0. The molecule has 1 aromatic carbocycles. The molecule has 4 aromatic rings. The number of anilines is 2. The predicted octanol–water partition coefficient (Wildman–Crippen LogP) is 4.52. The molecule has 0 fully saturated rings. The van der Waals surface area contributed by atoms with Gasteiger partial charge in [-0.3, -0.25) is 4.79 Å². The zero-order valence-corrected chi connectivity index (χ0v) is 16.3. The third-order valence-corrected chi connectivity index (χ3v) is 6.20. The van der Waals surface area contributed by atoms with Crippen LogP contribution in [0.15, 0.2) is 42.7 Å². The molecule has 0 saturated heterocycles. The average molecular weight is 404 g/mol. The Balaban J connectivity index is 1.64. The number of nitrogens with zero attached hydrogens (tertiary/aromatic N) is 4. The lowest BCUT2D eigenvalue weighted by molar-refractivity contribution is 0.103. The number of fused-ring (bicyclic) bond motifs is 1. The van der Waals surface area contributed by atoms with Gasteiger partial charge in [0, 0.05) is 31.5 Å². The van der Waals surface area contributed by atoms with Crippen LogP contribution in [0.5, 0.6) is 0 Å². The molecular formula is C17H14ClN5OS2. The summed E-state index contributed by atoms with van der Waals surface area (Å²) in [4.78, 5) is 20.7. The summed E-state index contributed by atoms with van der Waals surface area (Å²) in [5.41, 5.74) is 1.35. The summed E-state index contributed by atoms with van der Waals surface area (Å²) < 4.78 is 2.69. The second kappa shape index (κ2) is 6.71. The molecule has 1 amide bonds. The molecule has 0 spiro atoms. The predicted molar refractivity (Wildman–Crippen MR) is 108 cm³/mol. The molecular weight excluding hydrogens is 390 g/mol. The van der Waals surface area contributed by atoms with Gasteiger partial charge in [0.15, 0.2) is 5.13 Å². The third-order valence-electron chi connectivity index (χ3n) is 3.64. The smallest absolute Gasteiger partial charge is 0.265 e. The molecule has 132 valence electrons. The number of hydrogen-bond acceptors (Lipinski definition) is 6. The molecule has 6 nitrogen and oxygen atoms in total. The Labute approximate surface area is 162 Å². The van der Waals surface area contributed by atoms with Crippen molar-refractivity contribution in [3.8, 4) is 5.69 Å². The van der Waals surface area contributed by atoms with Crippen LogP contribution >= 0.6 is 34.3 Å². The van der Waals surface area contributed by atoms with Gasteiger partial charge >= 0.3 is 0 Å². The number of rotatable bonds is 4. The number of amides is 1. The maximum Gasteiger partial charge on any atom is 0.265 e. The molecule has 3 aromatic heterocycles. The molecule has 0 aliphatic rings. The number of carbonyl (C=O) groups is 1. The van der Waals surface area contributed by atoms with Crippen LogP contribution in [0.2, 0.25) is 5.02 Å². The lowest BCUT2D eigenvalue weighted by atomic mass is 10.2. The van der Waals surface area contributed by atoms with E-state index in [1.165, 1.54) is 11.3 Å². The van der Waals surface area contributed by atoms with E-state index >= 15 is 0 Å². The molecule has 26 heavy (non-hydrogen) atoms. The van der Waals surface area contributed by atoms with Crippen molar-refractivity contribution in [2.24, 2.45) is 0 Å². The van der Waals surface area contributed by atoms with Crippen LogP contribution in [0.25, 0.3) is 15.2 Å². The van der Waals surface area contributed by atoms with Crippen molar-refractivity contribution >= 4 is 60.5 Å². The number of halogens is 1. The van der Waals surface area contributed by atoms with Crippen LogP contribution in [0.4, 0.5) is 10.8 Å². The Morgan fingerprint density at radius 2 is 2.12 bits per heavy atom. The van der Waals surface area contributed by atoms with E-state index in [4.69, 9.17) is 11.6 Å². The van der Waals surface area contributed by atoms with E-state index in [2.05, 4.69) is 15.4 Å². The number of carbonyl (C=O) groups excluding carboxylic acids is 1. The van der Waals surface area contributed by atoms with Crippen molar-refractivity contribution < 1.29 is 4.79 Å². The Kier molecular flexibility index (Phi) is 4.39. The van der Waals surface area contributed by atoms with Crippen molar-refractivity contribution in [2.75, 3.05) is 24.3 Å². The van der Waals surface area contributed by atoms with Crippen molar-refractivity contribution in [1.29, 1.82) is 0 Å². The largest absolute Gasteiger partial charge is 0.354 e. The summed E-state index contributed by atoms with van der Waals surface area (Å²) in [6, 6.07) is 9.00. The highest BCUT2D eigenvalue weighted by Gasteiger charge is 2.16. The number of nitrogens with one attached hydrogen (secondary N) is 1. The van der Waals surface area contributed by atoms with Gasteiger partial charge in [-0.15, -0.1) is 11.3 Å². The van der Waals surface area contributed by atoms with E-state index in [0.717, 1.165) is 20.3 Å². The monoisotopic (exact) mass is 403 g/mol. The van der Waals surface area contributed by atoms with E-state index in [1.54, 1.807) is 34.3 Å². The molecule has 1 N–H and O–H groups in total. The van der Waals surface area contributed by atoms with Crippen molar-refractivity contribution in [3.05, 3.63) is 52.6 Å². The summed E-state index contributed by atoms with van der Waals surface area (Å²) >= 11 is 9.05. The molecule has 0 aliphatic carbocycles. The van der Waals surface area contributed by atoms with Gasteiger partial charge in [0.25, 0.3) is 5.91 Å². The molecule has 0 aliphatic heterocycles. The fourth-order valence-corrected chi connectivity index (χ4v) is 4.63.